The summed E-state index contributed by atoms with van der Waals surface area (Å²) in [5, 5.41) is 27.7. The van der Waals surface area contributed by atoms with Crippen molar-refractivity contribution in [1.29, 1.82) is 5.26 Å². The number of nitriles is 1. The molecule has 0 spiro atoms. The number of aromatic nitrogens is 1. The van der Waals surface area contributed by atoms with Gasteiger partial charge in [0, 0.05) is 17.5 Å². The monoisotopic (exact) mass is 224 g/mol. The van der Waals surface area contributed by atoms with Crippen LogP contribution in [0.3, 0.4) is 0 Å². The molecule has 0 aliphatic heterocycles. The smallest absolute Gasteiger partial charge is 0.143 e. The molecule has 1 rings (SSSR count). The molecule has 2 unspecified atom stereocenters. The first-order chi connectivity index (χ1) is 7.10. The number of nitrogens with zero attached hydrogens (tertiary/aromatic N) is 2. The molecule has 0 amide bonds. The average Bonchev–Trinajstić information content (AvgIpc) is 2.26. The Morgan fingerprint density at radius 2 is 2.27 bits per heavy atom. The van der Waals surface area contributed by atoms with Crippen LogP contribution in [0, 0.1) is 18.3 Å². The predicted octanol–water partition coefficient (Wildman–Crippen LogP) is 0.586. The molecule has 15 heavy (non-hydrogen) atoms. The molecule has 1 aromatic heterocycles. The van der Waals surface area contributed by atoms with E-state index in [1.807, 2.05) is 6.07 Å². The van der Waals surface area contributed by atoms with Crippen molar-refractivity contribution in [3.8, 4) is 6.07 Å². The van der Waals surface area contributed by atoms with E-state index in [1.165, 1.54) is 6.20 Å². The van der Waals surface area contributed by atoms with Crippen molar-refractivity contribution in [2.45, 2.75) is 19.1 Å². The van der Waals surface area contributed by atoms with Crippen molar-refractivity contribution in [3.63, 3.8) is 0 Å². The average molecular weight is 224 g/mol. The quantitative estimate of drug-likeness (QED) is 0.657. The molecule has 5 heteroatoms. The van der Waals surface area contributed by atoms with E-state index in [4.69, 9.17) is 5.26 Å². The van der Waals surface area contributed by atoms with Crippen molar-refractivity contribution in [3.05, 3.63) is 29.1 Å². The lowest BCUT2D eigenvalue weighted by molar-refractivity contribution is 0.0335. The highest BCUT2D eigenvalue weighted by Gasteiger charge is 2.17. The fraction of sp³-hybridized carbons (Fsp3) is 0.400. The van der Waals surface area contributed by atoms with Gasteiger partial charge in [-0.05, 0) is 18.6 Å². The third kappa shape index (κ3) is 2.69. The Balaban J connectivity index is 2.98. The maximum Gasteiger partial charge on any atom is 0.143 e. The maximum atomic E-state index is 9.66. The Bertz CT molecular complexity index is 389. The van der Waals surface area contributed by atoms with Crippen molar-refractivity contribution >= 4 is 12.6 Å². The van der Waals surface area contributed by atoms with Crippen LogP contribution in [0.4, 0.5) is 0 Å². The van der Waals surface area contributed by atoms with Gasteiger partial charge in [-0.25, -0.2) is 4.98 Å². The summed E-state index contributed by atoms with van der Waals surface area (Å²) in [6, 6.07) is 3.58. The summed E-state index contributed by atoms with van der Waals surface area (Å²) in [4.78, 5) is 3.88. The van der Waals surface area contributed by atoms with Gasteiger partial charge in [0.1, 0.15) is 17.9 Å². The van der Waals surface area contributed by atoms with E-state index in [1.54, 1.807) is 13.0 Å². The standard InChI is InChI=1S/C10H12N2O2S/c1-6-2-7(4-12-8(6)3-11)10(14)9(13)5-15/h2,4,9-10,13-15H,5H2,1H3. The fourth-order valence-corrected chi connectivity index (χ4v) is 1.40. The molecule has 0 saturated carbocycles. The molecule has 1 heterocycles. The Kier molecular flexibility index (Phi) is 4.09. The molecular formula is C10H12N2O2S. The van der Waals surface area contributed by atoms with Crippen molar-refractivity contribution < 1.29 is 10.2 Å². The number of hydrogen-bond acceptors (Lipinski definition) is 5. The SMILES string of the molecule is Cc1cc(C(O)C(O)CS)cnc1C#N. The Morgan fingerprint density at radius 1 is 1.60 bits per heavy atom. The summed E-state index contributed by atoms with van der Waals surface area (Å²) < 4.78 is 0. The molecule has 0 radical (unpaired) electrons. The third-order valence-electron chi connectivity index (χ3n) is 2.10. The van der Waals surface area contributed by atoms with Crippen LogP contribution in [-0.4, -0.2) is 27.1 Å². The van der Waals surface area contributed by atoms with E-state index in [2.05, 4.69) is 17.6 Å². The summed E-state index contributed by atoms with van der Waals surface area (Å²) in [5.41, 5.74) is 1.50. The second-order valence-electron chi connectivity index (χ2n) is 3.24. The lowest BCUT2D eigenvalue weighted by atomic mass is 10.0. The first kappa shape index (κ1) is 12.0. The number of rotatable bonds is 3. The molecule has 1 aromatic rings. The number of aryl methyl sites for hydroxylation is 1. The predicted molar refractivity (Wildman–Crippen MR) is 58.5 cm³/mol. The third-order valence-corrected chi connectivity index (χ3v) is 2.47. The number of aliphatic hydroxyl groups is 2. The molecule has 0 fully saturated rings. The van der Waals surface area contributed by atoms with E-state index in [9.17, 15) is 10.2 Å². The molecule has 2 N–H and O–H groups in total. The topological polar surface area (TPSA) is 77.1 Å². The summed E-state index contributed by atoms with van der Waals surface area (Å²) >= 11 is 3.89. The molecular weight excluding hydrogens is 212 g/mol. The number of aliphatic hydroxyl groups excluding tert-OH is 2. The molecule has 0 aromatic carbocycles. The molecule has 4 nitrogen and oxygen atoms in total. The van der Waals surface area contributed by atoms with Crippen molar-refractivity contribution in [2.24, 2.45) is 0 Å². The number of thiol groups is 1. The zero-order chi connectivity index (χ0) is 11.4. The first-order valence-corrected chi connectivity index (χ1v) is 5.07. The highest BCUT2D eigenvalue weighted by atomic mass is 32.1. The molecule has 2 atom stereocenters. The van der Waals surface area contributed by atoms with Crippen LogP contribution in [0.25, 0.3) is 0 Å². The normalized spacial score (nSPS) is 14.3. The lowest BCUT2D eigenvalue weighted by Gasteiger charge is -2.16. The van der Waals surface area contributed by atoms with Gasteiger partial charge in [-0.2, -0.15) is 17.9 Å². The van der Waals surface area contributed by atoms with Crippen molar-refractivity contribution in [1.82, 2.24) is 4.98 Å². The second-order valence-corrected chi connectivity index (χ2v) is 3.61. The van der Waals surface area contributed by atoms with Crippen LogP contribution >= 0.6 is 12.6 Å². The van der Waals surface area contributed by atoms with Gasteiger partial charge in [-0.1, -0.05) is 0 Å². The Morgan fingerprint density at radius 3 is 2.73 bits per heavy atom. The largest absolute Gasteiger partial charge is 0.389 e. The van der Waals surface area contributed by atoms with Crippen LogP contribution < -0.4 is 0 Å². The minimum absolute atomic E-state index is 0.167. The highest BCUT2D eigenvalue weighted by molar-refractivity contribution is 7.80. The van der Waals surface area contributed by atoms with Gasteiger partial charge in [0.05, 0.1) is 6.10 Å². The van der Waals surface area contributed by atoms with E-state index < -0.39 is 12.2 Å². The van der Waals surface area contributed by atoms with Gasteiger partial charge in [-0.3, -0.25) is 0 Å². The highest BCUT2D eigenvalue weighted by Crippen LogP contribution is 2.18. The molecule has 0 saturated heterocycles. The maximum absolute atomic E-state index is 9.66. The Labute approximate surface area is 93.6 Å². The van der Waals surface area contributed by atoms with Crippen LogP contribution in [0.5, 0.6) is 0 Å². The summed E-state index contributed by atoms with van der Waals surface area (Å²) in [6.07, 6.45) is -0.549. The molecule has 0 aliphatic carbocycles. The minimum atomic E-state index is -1.01. The van der Waals surface area contributed by atoms with Crippen LogP contribution in [-0.2, 0) is 0 Å². The van der Waals surface area contributed by atoms with Crippen LogP contribution in [0.1, 0.15) is 22.9 Å². The van der Waals surface area contributed by atoms with Gasteiger partial charge in [0.15, 0.2) is 0 Å². The second kappa shape index (κ2) is 5.12. The van der Waals surface area contributed by atoms with Crippen molar-refractivity contribution in [2.75, 3.05) is 5.75 Å². The summed E-state index contributed by atoms with van der Waals surface area (Å²) in [6.45, 7) is 1.73. The molecule has 0 bridgehead atoms. The van der Waals surface area contributed by atoms with E-state index in [0.29, 0.717) is 16.8 Å². The zero-order valence-electron chi connectivity index (χ0n) is 8.25. The van der Waals surface area contributed by atoms with Crippen LogP contribution in [0.15, 0.2) is 12.3 Å². The number of hydrogen-bond donors (Lipinski definition) is 3. The summed E-state index contributed by atoms with van der Waals surface area (Å²) in [7, 11) is 0. The lowest BCUT2D eigenvalue weighted by Crippen LogP contribution is -2.20. The van der Waals surface area contributed by atoms with Gasteiger partial charge < -0.3 is 10.2 Å². The van der Waals surface area contributed by atoms with Gasteiger partial charge >= 0.3 is 0 Å². The van der Waals surface area contributed by atoms with Gasteiger partial charge in [-0.15, -0.1) is 0 Å². The van der Waals surface area contributed by atoms with E-state index >= 15 is 0 Å². The van der Waals surface area contributed by atoms with E-state index in [0.717, 1.165) is 0 Å². The zero-order valence-corrected chi connectivity index (χ0v) is 9.15. The first-order valence-electron chi connectivity index (χ1n) is 4.43. The van der Waals surface area contributed by atoms with Gasteiger partial charge in [0.2, 0.25) is 0 Å². The van der Waals surface area contributed by atoms with Crippen LogP contribution in [0.2, 0.25) is 0 Å². The molecule has 0 aliphatic rings. The van der Waals surface area contributed by atoms with Gasteiger partial charge in [0.25, 0.3) is 0 Å². The summed E-state index contributed by atoms with van der Waals surface area (Å²) in [5.74, 6) is 0.167. The minimum Gasteiger partial charge on any atom is -0.389 e. The molecule has 80 valence electrons. The Hall–Kier alpha value is -1.09. The fourth-order valence-electron chi connectivity index (χ4n) is 1.20. The van der Waals surface area contributed by atoms with E-state index in [-0.39, 0.29) is 5.75 Å². The number of pyridine rings is 1.